The summed E-state index contributed by atoms with van der Waals surface area (Å²) in [6, 6.07) is 18.7. The highest BCUT2D eigenvalue weighted by Gasteiger charge is 2.45. The fraction of sp³-hybridized carbons (Fsp3) is 0.440. The van der Waals surface area contributed by atoms with Crippen molar-refractivity contribution in [2.45, 2.75) is 32.2 Å². The van der Waals surface area contributed by atoms with Crippen LogP contribution < -0.4 is 16.2 Å². The quantitative estimate of drug-likeness (QED) is 0.694. The third-order valence-electron chi connectivity index (χ3n) is 6.80. The van der Waals surface area contributed by atoms with Crippen LogP contribution in [0.15, 0.2) is 54.6 Å². The van der Waals surface area contributed by atoms with Crippen molar-refractivity contribution in [1.82, 2.24) is 21.1 Å². The Labute approximate surface area is 184 Å². The van der Waals surface area contributed by atoms with E-state index in [0.29, 0.717) is 26.1 Å². The Bertz CT molecular complexity index is 932. The molecule has 3 atom stereocenters. The normalized spacial score (nSPS) is 25.9. The molecule has 2 aliphatic rings. The summed E-state index contributed by atoms with van der Waals surface area (Å²) in [4.78, 5) is 28.4. The molecule has 3 unspecified atom stereocenters. The number of rotatable bonds is 5. The van der Waals surface area contributed by atoms with Gasteiger partial charge < -0.3 is 10.2 Å². The Balaban J connectivity index is 1.64. The van der Waals surface area contributed by atoms with Gasteiger partial charge in [0.05, 0.1) is 11.3 Å². The Morgan fingerprint density at radius 1 is 1.13 bits per heavy atom. The molecule has 0 spiro atoms. The van der Waals surface area contributed by atoms with Gasteiger partial charge in [0.2, 0.25) is 11.8 Å². The average molecular weight is 421 g/mol. The van der Waals surface area contributed by atoms with Crippen molar-refractivity contribution in [1.29, 1.82) is 0 Å². The van der Waals surface area contributed by atoms with Crippen molar-refractivity contribution in [3.8, 4) is 11.1 Å². The highest BCUT2D eigenvalue weighted by Crippen LogP contribution is 2.37. The van der Waals surface area contributed by atoms with E-state index in [1.807, 2.05) is 42.2 Å². The van der Waals surface area contributed by atoms with Gasteiger partial charge >= 0.3 is 0 Å². The average Bonchev–Trinajstić information content (AvgIpc) is 3.25. The van der Waals surface area contributed by atoms with Gasteiger partial charge in [-0.25, -0.2) is 0 Å². The third kappa shape index (κ3) is 4.36. The second-order valence-electron chi connectivity index (χ2n) is 8.84. The van der Waals surface area contributed by atoms with Crippen LogP contribution in [0, 0.1) is 11.3 Å². The third-order valence-corrected chi connectivity index (χ3v) is 6.80. The molecular weight excluding hydrogens is 388 g/mol. The SMILES string of the molecule is CNC(=O)C1(Cc2ccccc2-c2ccccc2)CCCN(C(=O)C2CNNC2C)C1. The summed E-state index contributed by atoms with van der Waals surface area (Å²) in [5.41, 5.74) is 9.02. The van der Waals surface area contributed by atoms with Crippen LogP contribution in [-0.4, -0.2) is 49.4 Å². The van der Waals surface area contributed by atoms with Gasteiger partial charge in [-0.3, -0.25) is 20.4 Å². The number of amides is 2. The Kier molecular flexibility index (Phi) is 6.39. The molecule has 2 saturated heterocycles. The molecule has 2 amide bonds. The second-order valence-corrected chi connectivity index (χ2v) is 8.84. The van der Waals surface area contributed by atoms with Gasteiger partial charge in [-0.2, -0.15) is 0 Å². The van der Waals surface area contributed by atoms with Crippen LogP contribution in [0.1, 0.15) is 25.3 Å². The van der Waals surface area contributed by atoms with Crippen LogP contribution in [0.3, 0.4) is 0 Å². The van der Waals surface area contributed by atoms with E-state index in [0.717, 1.165) is 29.5 Å². The van der Waals surface area contributed by atoms with Crippen molar-refractivity contribution in [2.75, 3.05) is 26.7 Å². The number of hydrogen-bond acceptors (Lipinski definition) is 4. The monoisotopic (exact) mass is 420 g/mol. The summed E-state index contributed by atoms with van der Waals surface area (Å²) < 4.78 is 0. The summed E-state index contributed by atoms with van der Waals surface area (Å²) in [6.07, 6.45) is 2.21. The van der Waals surface area contributed by atoms with E-state index < -0.39 is 5.41 Å². The molecule has 2 aromatic rings. The van der Waals surface area contributed by atoms with Crippen molar-refractivity contribution in [2.24, 2.45) is 11.3 Å². The van der Waals surface area contributed by atoms with E-state index in [4.69, 9.17) is 0 Å². The first-order chi connectivity index (χ1) is 15.0. The Morgan fingerprint density at radius 3 is 2.58 bits per heavy atom. The molecule has 2 aliphatic heterocycles. The lowest BCUT2D eigenvalue weighted by molar-refractivity contribution is -0.144. The standard InChI is InChI=1S/C25H32N4O2/c1-18-22(16-27-28-18)23(30)29-14-8-13-25(17-29,24(31)26-2)15-20-11-6-7-12-21(20)19-9-4-3-5-10-19/h3-7,9-12,18,22,27-28H,8,13-17H2,1-2H3,(H,26,31). The maximum Gasteiger partial charge on any atom is 0.228 e. The van der Waals surface area contributed by atoms with Crippen LogP contribution in [0.2, 0.25) is 0 Å². The molecule has 6 heteroatoms. The maximum atomic E-state index is 13.3. The molecule has 6 nitrogen and oxygen atoms in total. The molecule has 31 heavy (non-hydrogen) atoms. The number of carbonyl (C=O) groups is 2. The molecule has 0 aliphatic carbocycles. The summed E-state index contributed by atoms with van der Waals surface area (Å²) in [7, 11) is 1.70. The number of nitrogens with one attached hydrogen (secondary N) is 3. The van der Waals surface area contributed by atoms with Crippen molar-refractivity contribution < 1.29 is 9.59 Å². The number of benzene rings is 2. The Morgan fingerprint density at radius 2 is 1.87 bits per heavy atom. The van der Waals surface area contributed by atoms with Crippen molar-refractivity contribution in [3.63, 3.8) is 0 Å². The van der Waals surface area contributed by atoms with Crippen LogP contribution in [0.25, 0.3) is 11.1 Å². The highest BCUT2D eigenvalue weighted by atomic mass is 16.2. The summed E-state index contributed by atoms with van der Waals surface area (Å²) in [6.45, 7) is 3.81. The molecule has 164 valence electrons. The first-order valence-corrected chi connectivity index (χ1v) is 11.2. The minimum atomic E-state index is -0.629. The number of carbonyl (C=O) groups excluding carboxylic acids is 2. The van der Waals surface area contributed by atoms with Gasteiger partial charge in [0, 0.05) is 32.7 Å². The number of hydrogen-bond donors (Lipinski definition) is 3. The molecule has 0 saturated carbocycles. The van der Waals surface area contributed by atoms with Gasteiger partial charge in [-0.15, -0.1) is 0 Å². The molecule has 3 N–H and O–H groups in total. The van der Waals surface area contributed by atoms with E-state index >= 15 is 0 Å². The van der Waals surface area contributed by atoms with Crippen LogP contribution in [0.4, 0.5) is 0 Å². The van der Waals surface area contributed by atoms with Crippen molar-refractivity contribution >= 4 is 11.8 Å². The molecule has 0 aromatic heterocycles. The fourth-order valence-corrected chi connectivity index (χ4v) is 5.08. The largest absolute Gasteiger partial charge is 0.359 e. The van der Waals surface area contributed by atoms with Crippen molar-refractivity contribution in [3.05, 3.63) is 60.2 Å². The number of likely N-dealkylation sites (tertiary alicyclic amines) is 1. The Hall–Kier alpha value is -2.70. The summed E-state index contributed by atoms with van der Waals surface area (Å²) in [5, 5.41) is 2.89. The van der Waals surface area contributed by atoms with E-state index in [-0.39, 0.29) is 23.8 Å². The van der Waals surface area contributed by atoms with E-state index in [2.05, 4.69) is 40.4 Å². The molecule has 2 fully saturated rings. The molecule has 0 radical (unpaired) electrons. The van der Waals surface area contributed by atoms with Gasteiger partial charge in [-0.05, 0) is 42.9 Å². The number of hydrazine groups is 1. The first-order valence-electron chi connectivity index (χ1n) is 11.2. The van der Waals surface area contributed by atoms with Gasteiger partial charge in [0.25, 0.3) is 0 Å². The molecular formula is C25H32N4O2. The maximum absolute atomic E-state index is 13.3. The first kappa shape index (κ1) is 21.5. The van der Waals surface area contributed by atoms with Crippen LogP contribution in [-0.2, 0) is 16.0 Å². The summed E-state index contributed by atoms with van der Waals surface area (Å²) >= 11 is 0. The van der Waals surface area contributed by atoms with Gasteiger partial charge in [-0.1, -0.05) is 54.6 Å². The van der Waals surface area contributed by atoms with Crippen LogP contribution >= 0.6 is 0 Å². The molecule has 2 heterocycles. The zero-order chi connectivity index (χ0) is 21.8. The minimum Gasteiger partial charge on any atom is -0.359 e. The predicted molar refractivity (Wildman–Crippen MR) is 122 cm³/mol. The minimum absolute atomic E-state index is 0.0172. The lowest BCUT2D eigenvalue weighted by atomic mass is 9.73. The van der Waals surface area contributed by atoms with E-state index in [9.17, 15) is 9.59 Å². The molecule has 0 bridgehead atoms. The van der Waals surface area contributed by atoms with E-state index in [1.165, 1.54) is 0 Å². The smallest absolute Gasteiger partial charge is 0.228 e. The topological polar surface area (TPSA) is 73.5 Å². The van der Waals surface area contributed by atoms with Gasteiger partial charge in [0.1, 0.15) is 0 Å². The second kappa shape index (κ2) is 9.20. The number of piperidine rings is 1. The fourth-order valence-electron chi connectivity index (χ4n) is 5.08. The van der Waals surface area contributed by atoms with E-state index in [1.54, 1.807) is 7.05 Å². The summed E-state index contributed by atoms with van der Waals surface area (Å²) in [5.74, 6) is 0.0509. The lowest BCUT2D eigenvalue weighted by Gasteiger charge is -2.43. The van der Waals surface area contributed by atoms with Crippen LogP contribution in [0.5, 0.6) is 0 Å². The molecule has 4 rings (SSSR count). The zero-order valence-corrected chi connectivity index (χ0v) is 18.4. The predicted octanol–water partition coefficient (Wildman–Crippen LogP) is 2.36. The van der Waals surface area contributed by atoms with Gasteiger partial charge in [0.15, 0.2) is 0 Å². The number of nitrogens with zero attached hydrogens (tertiary/aromatic N) is 1. The molecule has 2 aromatic carbocycles. The lowest BCUT2D eigenvalue weighted by Crippen LogP contribution is -2.55. The zero-order valence-electron chi connectivity index (χ0n) is 18.4. The highest BCUT2D eigenvalue weighted by molar-refractivity contribution is 5.86.